The minimum Gasteiger partial charge on any atom is -0.372 e. The standard InChI is InChI=1S/C24H32N4O2.HI/c1-4-25-24(26-14-20-8-6-5-7-9-20)27-15-21-10-12-22(13-11-21)23(29)28-16-18(2)30-19(3)17-28;/h5-13,18-19H,4,14-17H2,1-3H3,(H2,25,26,27);1H. The monoisotopic (exact) mass is 536 g/mol. The minimum atomic E-state index is 0. The Kier molecular flexibility index (Phi) is 10.3. The number of benzene rings is 2. The quantitative estimate of drug-likeness (QED) is 0.335. The van der Waals surface area contributed by atoms with E-state index in [0.29, 0.717) is 31.7 Å². The van der Waals surface area contributed by atoms with E-state index in [4.69, 9.17) is 4.74 Å². The van der Waals surface area contributed by atoms with Gasteiger partial charge in [0.25, 0.3) is 5.91 Å². The summed E-state index contributed by atoms with van der Waals surface area (Å²) in [7, 11) is 0. The van der Waals surface area contributed by atoms with Gasteiger partial charge in [0.2, 0.25) is 0 Å². The molecule has 0 spiro atoms. The van der Waals surface area contributed by atoms with Gasteiger partial charge in [0, 0.05) is 31.7 Å². The van der Waals surface area contributed by atoms with Crippen LogP contribution in [0.2, 0.25) is 0 Å². The number of morpholine rings is 1. The van der Waals surface area contributed by atoms with E-state index in [9.17, 15) is 4.79 Å². The van der Waals surface area contributed by atoms with Crippen molar-refractivity contribution in [3.05, 3.63) is 71.3 Å². The molecule has 1 aliphatic rings. The number of nitrogens with one attached hydrogen (secondary N) is 2. The van der Waals surface area contributed by atoms with Gasteiger partial charge >= 0.3 is 0 Å². The van der Waals surface area contributed by atoms with Crippen LogP contribution in [0.4, 0.5) is 0 Å². The van der Waals surface area contributed by atoms with Crippen molar-refractivity contribution >= 4 is 35.8 Å². The van der Waals surface area contributed by atoms with Crippen molar-refractivity contribution < 1.29 is 9.53 Å². The molecule has 7 heteroatoms. The van der Waals surface area contributed by atoms with Crippen LogP contribution < -0.4 is 10.6 Å². The average Bonchev–Trinajstić information content (AvgIpc) is 2.75. The Morgan fingerprint density at radius 3 is 2.26 bits per heavy atom. The van der Waals surface area contributed by atoms with E-state index in [-0.39, 0.29) is 42.1 Å². The number of amides is 1. The molecule has 2 unspecified atom stereocenters. The fraction of sp³-hybridized carbons (Fsp3) is 0.417. The maximum Gasteiger partial charge on any atom is 0.254 e. The van der Waals surface area contributed by atoms with Crippen LogP contribution in [-0.2, 0) is 17.8 Å². The minimum absolute atomic E-state index is 0. The summed E-state index contributed by atoms with van der Waals surface area (Å²) in [6.45, 7) is 9.39. The Morgan fingerprint density at radius 1 is 1.00 bits per heavy atom. The molecule has 2 aromatic rings. The lowest BCUT2D eigenvalue weighted by Gasteiger charge is -2.35. The van der Waals surface area contributed by atoms with Gasteiger partial charge in [-0.25, -0.2) is 4.99 Å². The third-order valence-corrected chi connectivity index (χ3v) is 4.97. The molecule has 0 radical (unpaired) electrons. The highest BCUT2D eigenvalue weighted by Gasteiger charge is 2.26. The van der Waals surface area contributed by atoms with Crippen LogP contribution in [0.5, 0.6) is 0 Å². The number of carbonyl (C=O) groups is 1. The number of ether oxygens (including phenoxy) is 1. The van der Waals surface area contributed by atoms with Crippen molar-refractivity contribution in [3.8, 4) is 0 Å². The van der Waals surface area contributed by atoms with Crippen LogP contribution in [-0.4, -0.2) is 48.6 Å². The smallest absolute Gasteiger partial charge is 0.254 e. The van der Waals surface area contributed by atoms with E-state index in [1.54, 1.807) is 0 Å². The second-order valence-corrected chi connectivity index (χ2v) is 7.70. The second-order valence-electron chi connectivity index (χ2n) is 7.70. The number of nitrogens with zero attached hydrogens (tertiary/aromatic N) is 2. The normalized spacial score (nSPS) is 18.8. The van der Waals surface area contributed by atoms with Crippen LogP contribution >= 0.6 is 24.0 Å². The van der Waals surface area contributed by atoms with Crippen molar-refractivity contribution in [3.63, 3.8) is 0 Å². The first-order chi connectivity index (χ1) is 14.5. The number of hydrogen-bond acceptors (Lipinski definition) is 3. The van der Waals surface area contributed by atoms with E-state index in [0.717, 1.165) is 18.1 Å². The predicted molar refractivity (Wildman–Crippen MR) is 136 cm³/mol. The molecule has 3 rings (SSSR count). The topological polar surface area (TPSA) is 66.0 Å². The predicted octanol–water partition coefficient (Wildman–Crippen LogP) is 3.81. The lowest BCUT2D eigenvalue weighted by Crippen LogP contribution is -2.48. The van der Waals surface area contributed by atoms with Crippen LogP contribution in [0.1, 0.15) is 42.3 Å². The molecule has 0 aromatic heterocycles. The fourth-order valence-electron chi connectivity index (χ4n) is 3.57. The summed E-state index contributed by atoms with van der Waals surface area (Å²) < 4.78 is 5.72. The van der Waals surface area contributed by atoms with Gasteiger partial charge in [0.1, 0.15) is 0 Å². The van der Waals surface area contributed by atoms with Gasteiger partial charge in [0.05, 0.1) is 18.8 Å². The van der Waals surface area contributed by atoms with E-state index < -0.39 is 0 Å². The number of hydrogen-bond donors (Lipinski definition) is 2. The molecule has 1 amide bonds. The largest absolute Gasteiger partial charge is 0.372 e. The Morgan fingerprint density at radius 2 is 1.65 bits per heavy atom. The first kappa shape index (κ1) is 25.1. The zero-order valence-electron chi connectivity index (χ0n) is 18.5. The first-order valence-electron chi connectivity index (χ1n) is 10.6. The summed E-state index contributed by atoms with van der Waals surface area (Å²) in [4.78, 5) is 19.3. The highest BCUT2D eigenvalue weighted by molar-refractivity contribution is 14.0. The Bertz CT molecular complexity index is 832. The van der Waals surface area contributed by atoms with E-state index in [1.807, 2.05) is 68.1 Å². The molecule has 6 nitrogen and oxygen atoms in total. The summed E-state index contributed by atoms with van der Waals surface area (Å²) in [5.74, 6) is 0.840. The molecule has 0 saturated carbocycles. The van der Waals surface area contributed by atoms with Gasteiger partial charge in [-0.05, 0) is 44.0 Å². The van der Waals surface area contributed by atoms with Crippen molar-refractivity contribution in [2.24, 2.45) is 4.99 Å². The molecule has 1 fully saturated rings. The van der Waals surface area contributed by atoms with Crippen LogP contribution in [0, 0.1) is 0 Å². The number of rotatable bonds is 6. The van der Waals surface area contributed by atoms with E-state index in [2.05, 4.69) is 27.8 Å². The molecule has 1 aliphatic heterocycles. The third kappa shape index (κ3) is 7.81. The summed E-state index contributed by atoms with van der Waals surface area (Å²) in [6.07, 6.45) is 0.140. The zero-order valence-corrected chi connectivity index (χ0v) is 20.8. The Hall–Kier alpha value is -2.13. The fourth-order valence-corrected chi connectivity index (χ4v) is 3.57. The van der Waals surface area contributed by atoms with Gasteiger partial charge in [-0.15, -0.1) is 24.0 Å². The Balaban J connectivity index is 0.00000341. The van der Waals surface area contributed by atoms with E-state index >= 15 is 0 Å². The summed E-state index contributed by atoms with van der Waals surface area (Å²) in [5.41, 5.74) is 2.98. The highest BCUT2D eigenvalue weighted by Crippen LogP contribution is 2.15. The van der Waals surface area contributed by atoms with Crippen molar-refractivity contribution in [2.75, 3.05) is 19.6 Å². The molecule has 1 saturated heterocycles. The number of carbonyl (C=O) groups excluding carboxylic acids is 1. The van der Waals surface area contributed by atoms with Gasteiger partial charge in [-0.3, -0.25) is 4.79 Å². The molecule has 31 heavy (non-hydrogen) atoms. The SMILES string of the molecule is CCNC(=NCc1ccccc1)NCc1ccc(C(=O)N2CC(C)OC(C)C2)cc1.I. The molecule has 0 aliphatic carbocycles. The van der Waals surface area contributed by atoms with Gasteiger partial charge in [-0.1, -0.05) is 42.5 Å². The first-order valence-corrected chi connectivity index (χ1v) is 10.6. The molecular weight excluding hydrogens is 503 g/mol. The van der Waals surface area contributed by atoms with Crippen LogP contribution in [0.25, 0.3) is 0 Å². The van der Waals surface area contributed by atoms with E-state index in [1.165, 1.54) is 5.56 Å². The maximum atomic E-state index is 12.8. The Labute approximate surface area is 202 Å². The number of guanidine groups is 1. The van der Waals surface area contributed by atoms with Crippen LogP contribution in [0.3, 0.4) is 0 Å². The summed E-state index contributed by atoms with van der Waals surface area (Å²) in [5, 5.41) is 6.63. The summed E-state index contributed by atoms with van der Waals surface area (Å²) in [6, 6.07) is 18.0. The van der Waals surface area contributed by atoms with Gasteiger partial charge in [0.15, 0.2) is 5.96 Å². The number of aliphatic imine (C=N–C) groups is 1. The molecular formula is C24H33IN4O2. The lowest BCUT2D eigenvalue weighted by atomic mass is 10.1. The molecule has 168 valence electrons. The van der Waals surface area contributed by atoms with Crippen molar-refractivity contribution in [1.82, 2.24) is 15.5 Å². The maximum absolute atomic E-state index is 12.8. The molecule has 2 atom stereocenters. The number of halogens is 1. The molecule has 0 bridgehead atoms. The summed E-state index contributed by atoms with van der Waals surface area (Å²) >= 11 is 0. The second kappa shape index (κ2) is 12.7. The molecule has 2 aromatic carbocycles. The van der Waals surface area contributed by atoms with Crippen LogP contribution in [0.15, 0.2) is 59.6 Å². The highest BCUT2D eigenvalue weighted by atomic mass is 127. The molecule has 1 heterocycles. The van der Waals surface area contributed by atoms with Crippen molar-refractivity contribution in [2.45, 2.75) is 46.1 Å². The zero-order chi connectivity index (χ0) is 21.3. The van der Waals surface area contributed by atoms with Gasteiger partial charge in [-0.2, -0.15) is 0 Å². The van der Waals surface area contributed by atoms with Gasteiger partial charge < -0.3 is 20.3 Å². The molecule has 2 N–H and O–H groups in total. The average molecular weight is 536 g/mol. The third-order valence-electron chi connectivity index (χ3n) is 4.97. The lowest BCUT2D eigenvalue weighted by molar-refractivity contribution is -0.0586. The van der Waals surface area contributed by atoms with Crippen molar-refractivity contribution in [1.29, 1.82) is 0 Å².